The predicted octanol–water partition coefficient (Wildman–Crippen LogP) is 4.44. The molecule has 37 heavy (non-hydrogen) atoms. The number of thiophene rings is 1. The molecule has 0 bridgehead atoms. The van der Waals surface area contributed by atoms with Crippen molar-refractivity contribution >= 4 is 34.0 Å². The van der Waals surface area contributed by atoms with Crippen LogP contribution < -0.4 is 11.1 Å². The number of carbonyl (C=O) groups excluding carboxylic acids is 2. The lowest BCUT2D eigenvalue weighted by molar-refractivity contribution is -0.143. The molecule has 10 heteroatoms. The first-order chi connectivity index (χ1) is 17.9. The zero-order valence-corrected chi connectivity index (χ0v) is 20.8. The van der Waals surface area contributed by atoms with Crippen molar-refractivity contribution < 1.29 is 14.3 Å². The third-order valence-corrected chi connectivity index (χ3v) is 7.30. The molecule has 2 heterocycles. The van der Waals surface area contributed by atoms with Crippen molar-refractivity contribution in [1.29, 1.82) is 15.8 Å². The van der Waals surface area contributed by atoms with Gasteiger partial charge in [0.1, 0.15) is 28.5 Å². The Bertz CT molecular complexity index is 1510. The molecular formula is C27H22N6O3S. The summed E-state index contributed by atoms with van der Waals surface area (Å²) in [5, 5.41) is 32.8. The second kappa shape index (κ2) is 10.9. The van der Waals surface area contributed by atoms with Crippen LogP contribution in [-0.4, -0.2) is 23.5 Å². The van der Waals surface area contributed by atoms with E-state index in [4.69, 9.17) is 10.5 Å². The van der Waals surface area contributed by atoms with Crippen LogP contribution in [-0.2, 0) is 22.4 Å². The number of benzene rings is 1. The number of aromatic nitrogens is 1. The van der Waals surface area contributed by atoms with Gasteiger partial charge in [0.15, 0.2) is 5.92 Å². The molecule has 1 atom stereocenters. The number of nitrogens with one attached hydrogen (secondary N) is 1. The number of hydrogen-bond donors (Lipinski definition) is 2. The molecule has 0 fully saturated rings. The van der Waals surface area contributed by atoms with Crippen LogP contribution in [0.15, 0.2) is 30.3 Å². The van der Waals surface area contributed by atoms with Crippen molar-refractivity contribution in [2.45, 2.75) is 38.5 Å². The number of anilines is 2. The number of ether oxygens (including phenoxy) is 1. The van der Waals surface area contributed by atoms with Gasteiger partial charge in [0.25, 0.3) is 5.91 Å². The molecule has 3 N–H and O–H groups in total. The highest BCUT2D eigenvalue weighted by molar-refractivity contribution is 7.16. The lowest BCUT2D eigenvalue weighted by Crippen LogP contribution is -2.24. The van der Waals surface area contributed by atoms with E-state index in [2.05, 4.69) is 16.4 Å². The topological polar surface area (TPSA) is 166 Å². The van der Waals surface area contributed by atoms with E-state index in [1.165, 1.54) is 11.3 Å². The van der Waals surface area contributed by atoms with E-state index in [1.807, 2.05) is 12.1 Å². The van der Waals surface area contributed by atoms with Crippen LogP contribution >= 0.6 is 11.3 Å². The summed E-state index contributed by atoms with van der Waals surface area (Å²) < 4.78 is 5.06. The number of nitriles is 3. The number of pyridine rings is 1. The van der Waals surface area contributed by atoms with Crippen molar-refractivity contribution in [2.75, 3.05) is 17.7 Å². The summed E-state index contributed by atoms with van der Waals surface area (Å²) in [6.07, 6.45) is 3.55. The van der Waals surface area contributed by atoms with Crippen LogP contribution in [0.2, 0.25) is 0 Å². The quantitative estimate of drug-likeness (QED) is 0.459. The summed E-state index contributed by atoms with van der Waals surface area (Å²) in [5.41, 5.74) is 7.64. The highest BCUT2D eigenvalue weighted by Gasteiger charge is 2.34. The SMILES string of the molecule is CCOC(=O)C(C#N)c1nc(N)c(C#N)c(-c2ccccc2)c1C(=O)Nc1sc2c(c1C#N)CCCC2. The summed E-state index contributed by atoms with van der Waals surface area (Å²) in [7, 11) is 0. The van der Waals surface area contributed by atoms with Crippen LogP contribution in [0.1, 0.15) is 63.3 Å². The maximum absolute atomic E-state index is 13.9. The number of nitrogen functional groups attached to an aromatic ring is 1. The van der Waals surface area contributed by atoms with Crippen molar-refractivity contribution in [3.63, 3.8) is 0 Å². The average Bonchev–Trinajstić information content (AvgIpc) is 3.26. The van der Waals surface area contributed by atoms with Gasteiger partial charge < -0.3 is 15.8 Å². The fourth-order valence-electron chi connectivity index (χ4n) is 4.46. The first kappa shape index (κ1) is 25.4. The van der Waals surface area contributed by atoms with Gasteiger partial charge >= 0.3 is 5.97 Å². The highest BCUT2D eigenvalue weighted by Crippen LogP contribution is 2.40. The summed E-state index contributed by atoms with van der Waals surface area (Å²) in [4.78, 5) is 31.9. The van der Waals surface area contributed by atoms with E-state index in [-0.39, 0.29) is 34.8 Å². The van der Waals surface area contributed by atoms with Gasteiger partial charge in [-0.1, -0.05) is 30.3 Å². The van der Waals surface area contributed by atoms with Gasteiger partial charge in [-0.05, 0) is 43.7 Å². The summed E-state index contributed by atoms with van der Waals surface area (Å²) in [6.45, 7) is 1.61. The van der Waals surface area contributed by atoms with E-state index < -0.39 is 17.8 Å². The number of hydrogen-bond acceptors (Lipinski definition) is 9. The molecule has 9 nitrogen and oxygen atoms in total. The average molecular weight is 511 g/mol. The van der Waals surface area contributed by atoms with Crippen LogP contribution in [0.5, 0.6) is 0 Å². The van der Waals surface area contributed by atoms with Gasteiger partial charge in [-0.25, -0.2) is 4.98 Å². The number of rotatable bonds is 6. The highest BCUT2D eigenvalue weighted by atomic mass is 32.1. The van der Waals surface area contributed by atoms with E-state index >= 15 is 0 Å². The summed E-state index contributed by atoms with van der Waals surface area (Å²) in [5.74, 6) is -3.39. The third kappa shape index (κ3) is 4.73. The summed E-state index contributed by atoms with van der Waals surface area (Å²) in [6, 6.07) is 14.7. The van der Waals surface area contributed by atoms with Crippen LogP contribution in [0.4, 0.5) is 10.8 Å². The lowest BCUT2D eigenvalue weighted by atomic mass is 9.89. The fourth-order valence-corrected chi connectivity index (χ4v) is 5.69. The minimum Gasteiger partial charge on any atom is -0.465 e. The van der Waals surface area contributed by atoms with Gasteiger partial charge in [0.05, 0.1) is 29.5 Å². The molecule has 0 spiro atoms. The molecule has 1 aromatic carbocycles. The summed E-state index contributed by atoms with van der Waals surface area (Å²) >= 11 is 1.34. The Morgan fingerprint density at radius 3 is 2.49 bits per heavy atom. The number of esters is 1. The number of aryl methyl sites for hydroxylation is 1. The molecule has 0 aliphatic heterocycles. The van der Waals surface area contributed by atoms with Crippen LogP contribution in [0, 0.1) is 34.0 Å². The number of nitrogens with zero attached hydrogens (tertiary/aromatic N) is 4. The van der Waals surface area contributed by atoms with Crippen molar-refractivity contribution in [1.82, 2.24) is 4.98 Å². The number of amides is 1. The van der Waals surface area contributed by atoms with E-state index in [1.54, 1.807) is 37.3 Å². The minimum atomic E-state index is -1.56. The Kier molecular flexibility index (Phi) is 7.48. The lowest BCUT2D eigenvalue weighted by Gasteiger charge is -2.19. The Balaban J connectivity index is 1.96. The van der Waals surface area contributed by atoms with Gasteiger partial charge in [0.2, 0.25) is 0 Å². The minimum absolute atomic E-state index is 0.0160. The normalized spacial score (nSPS) is 12.8. The monoisotopic (exact) mass is 510 g/mol. The molecule has 184 valence electrons. The second-order valence-corrected chi connectivity index (χ2v) is 9.39. The molecule has 1 aliphatic rings. The smallest absolute Gasteiger partial charge is 0.329 e. The maximum Gasteiger partial charge on any atom is 0.329 e. The molecule has 1 amide bonds. The molecule has 1 unspecified atom stereocenters. The van der Waals surface area contributed by atoms with Crippen LogP contribution in [0.3, 0.4) is 0 Å². The van der Waals surface area contributed by atoms with E-state index in [9.17, 15) is 25.4 Å². The zero-order valence-electron chi connectivity index (χ0n) is 20.0. The molecule has 2 aromatic heterocycles. The maximum atomic E-state index is 13.9. The zero-order chi connectivity index (χ0) is 26.5. The molecule has 0 radical (unpaired) electrons. The largest absolute Gasteiger partial charge is 0.465 e. The number of carbonyl (C=O) groups is 2. The molecule has 3 aromatic rings. The molecular weight excluding hydrogens is 488 g/mol. The first-order valence-corrected chi connectivity index (χ1v) is 12.5. The Morgan fingerprint density at radius 1 is 1.14 bits per heavy atom. The molecule has 0 saturated heterocycles. The van der Waals surface area contributed by atoms with E-state index in [0.717, 1.165) is 36.1 Å². The standard InChI is InChI=1S/C27H22N6O3S/c1-2-36-27(35)19(14-30)23-22(21(15-8-4-3-5-9-15)18(13-29)24(31)32-23)25(34)33-26-17(12-28)16-10-6-7-11-20(16)37-26/h3-5,8-9,19H,2,6-7,10-11H2,1H3,(H2,31,32)(H,33,34). The number of fused-ring (bicyclic) bond motifs is 1. The van der Waals surface area contributed by atoms with Crippen molar-refractivity contribution in [3.8, 4) is 29.3 Å². The van der Waals surface area contributed by atoms with Gasteiger partial charge in [-0.2, -0.15) is 15.8 Å². The van der Waals surface area contributed by atoms with Gasteiger partial charge in [0, 0.05) is 10.4 Å². The Hall–Kier alpha value is -4.72. The van der Waals surface area contributed by atoms with Gasteiger partial charge in [-0.3, -0.25) is 9.59 Å². The number of nitrogens with two attached hydrogens (primary N) is 1. The van der Waals surface area contributed by atoms with Crippen LogP contribution in [0.25, 0.3) is 11.1 Å². The van der Waals surface area contributed by atoms with Crippen molar-refractivity contribution in [2.24, 2.45) is 0 Å². The third-order valence-electron chi connectivity index (χ3n) is 6.09. The first-order valence-electron chi connectivity index (χ1n) is 11.7. The fraction of sp³-hybridized carbons (Fsp3) is 0.259. The Labute approximate surface area is 217 Å². The van der Waals surface area contributed by atoms with Gasteiger partial charge in [-0.15, -0.1) is 11.3 Å². The Morgan fingerprint density at radius 2 is 1.84 bits per heavy atom. The van der Waals surface area contributed by atoms with E-state index in [0.29, 0.717) is 16.1 Å². The molecule has 1 aliphatic carbocycles. The molecule has 0 saturated carbocycles. The van der Waals surface area contributed by atoms with Crippen molar-refractivity contribution in [3.05, 3.63) is 63.2 Å². The molecule has 4 rings (SSSR count). The second-order valence-electron chi connectivity index (χ2n) is 8.28. The predicted molar refractivity (Wildman–Crippen MR) is 137 cm³/mol.